The first-order valence-electron chi connectivity index (χ1n) is 6.06. The number of benzene rings is 1. The van der Waals surface area contributed by atoms with E-state index in [4.69, 9.17) is 0 Å². The molecule has 0 aliphatic heterocycles. The van der Waals surface area contributed by atoms with Gasteiger partial charge < -0.3 is 0 Å². The van der Waals surface area contributed by atoms with Crippen LogP contribution in [0.5, 0.6) is 0 Å². The van der Waals surface area contributed by atoms with Gasteiger partial charge in [0, 0.05) is 0 Å². The molecule has 1 aliphatic rings. The Morgan fingerprint density at radius 2 is 1.80 bits per heavy atom. The van der Waals surface area contributed by atoms with Crippen molar-refractivity contribution in [1.29, 1.82) is 0 Å². The van der Waals surface area contributed by atoms with Crippen LogP contribution < -0.4 is 0 Å². The van der Waals surface area contributed by atoms with Crippen molar-refractivity contribution in [2.45, 2.75) is 46.5 Å². The molecule has 2 atom stereocenters. The maximum Gasteiger partial charge on any atom is -0.0108 e. The van der Waals surface area contributed by atoms with Gasteiger partial charge in [0.05, 0.1) is 0 Å². The average Bonchev–Trinajstić information content (AvgIpc) is 2.15. The van der Waals surface area contributed by atoms with E-state index in [-0.39, 0.29) is 0 Å². The molecule has 0 heterocycles. The highest BCUT2D eigenvalue weighted by Crippen LogP contribution is 2.44. The van der Waals surface area contributed by atoms with Crippen LogP contribution in [0.15, 0.2) is 24.3 Å². The predicted molar refractivity (Wildman–Crippen MR) is 66.1 cm³/mol. The molecule has 0 heteroatoms. The van der Waals surface area contributed by atoms with Crippen molar-refractivity contribution < 1.29 is 0 Å². The molecule has 0 bridgehead atoms. The van der Waals surface area contributed by atoms with Crippen molar-refractivity contribution in [2.24, 2.45) is 11.3 Å². The molecular weight excluding hydrogens is 180 g/mol. The predicted octanol–water partition coefficient (Wildman–Crippen LogP) is 4.40. The third-order valence-electron chi connectivity index (χ3n) is 3.68. The van der Waals surface area contributed by atoms with Crippen molar-refractivity contribution in [3.05, 3.63) is 35.4 Å². The van der Waals surface area contributed by atoms with Gasteiger partial charge in [-0.3, -0.25) is 0 Å². The van der Waals surface area contributed by atoms with Crippen molar-refractivity contribution in [2.75, 3.05) is 0 Å². The van der Waals surface area contributed by atoms with Crippen LogP contribution in [-0.2, 0) is 6.42 Å². The van der Waals surface area contributed by atoms with Gasteiger partial charge in [-0.25, -0.2) is 0 Å². The Labute approximate surface area is 93.7 Å². The van der Waals surface area contributed by atoms with E-state index >= 15 is 0 Å². The molecule has 0 nitrogen and oxygen atoms in total. The Balaban J connectivity index is 2.43. The van der Waals surface area contributed by atoms with Crippen molar-refractivity contribution in [3.63, 3.8) is 0 Å². The topological polar surface area (TPSA) is 0 Å². The average molecular weight is 202 g/mol. The van der Waals surface area contributed by atoms with Gasteiger partial charge in [0.25, 0.3) is 0 Å². The van der Waals surface area contributed by atoms with Crippen molar-refractivity contribution >= 4 is 0 Å². The minimum absolute atomic E-state index is 0.394. The molecule has 0 aromatic heterocycles. The summed E-state index contributed by atoms with van der Waals surface area (Å²) in [5, 5.41) is 0. The Hall–Kier alpha value is -0.780. The Kier molecular flexibility index (Phi) is 2.62. The van der Waals surface area contributed by atoms with E-state index in [1.165, 1.54) is 12.8 Å². The van der Waals surface area contributed by atoms with Gasteiger partial charge in [0.15, 0.2) is 0 Å². The van der Waals surface area contributed by atoms with Gasteiger partial charge in [-0.15, -0.1) is 0 Å². The maximum absolute atomic E-state index is 2.38. The Morgan fingerprint density at radius 1 is 1.13 bits per heavy atom. The second kappa shape index (κ2) is 3.66. The molecule has 0 amide bonds. The van der Waals surface area contributed by atoms with E-state index in [1.54, 1.807) is 11.1 Å². The molecule has 82 valence electrons. The van der Waals surface area contributed by atoms with Gasteiger partial charge >= 0.3 is 0 Å². The van der Waals surface area contributed by atoms with E-state index in [1.807, 2.05) is 0 Å². The lowest BCUT2D eigenvalue weighted by Gasteiger charge is -2.38. The van der Waals surface area contributed by atoms with Crippen LogP contribution in [-0.4, -0.2) is 0 Å². The second-order valence-electron chi connectivity index (χ2n) is 6.16. The normalized spacial score (nSPS) is 26.1. The molecule has 0 saturated carbocycles. The minimum atomic E-state index is 0.394. The molecule has 0 fully saturated rings. The summed E-state index contributed by atoms with van der Waals surface area (Å²) in [7, 11) is 0. The summed E-state index contributed by atoms with van der Waals surface area (Å²) in [6.45, 7) is 9.49. The van der Waals surface area contributed by atoms with E-state index < -0.39 is 0 Å². The number of hydrogen-bond acceptors (Lipinski definition) is 0. The lowest BCUT2D eigenvalue weighted by Crippen LogP contribution is -2.26. The van der Waals surface area contributed by atoms with Crippen molar-refractivity contribution in [1.82, 2.24) is 0 Å². The molecule has 1 aliphatic carbocycles. The van der Waals surface area contributed by atoms with Crippen LogP contribution in [0.1, 0.15) is 51.2 Å². The van der Waals surface area contributed by atoms with Crippen molar-refractivity contribution in [3.8, 4) is 0 Å². The van der Waals surface area contributed by atoms with Crippen LogP contribution in [0.4, 0.5) is 0 Å². The standard InChI is InChI=1S/C15H22/c1-11-9-12-7-5-6-8-13(12)14(10-11)15(2,3)4/h5-8,11,14H,9-10H2,1-4H3. The fourth-order valence-corrected chi connectivity index (χ4v) is 2.87. The zero-order valence-electron chi connectivity index (χ0n) is 10.4. The molecule has 2 rings (SSSR count). The SMILES string of the molecule is CC1Cc2ccccc2C(C(C)(C)C)C1. The maximum atomic E-state index is 2.38. The highest BCUT2D eigenvalue weighted by atomic mass is 14.4. The summed E-state index contributed by atoms with van der Waals surface area (Å²) in [6.07, 6.45) is 2.61. The molecule has 0 spiro atoms. The van der Waals surface area contributed by atoms with Gasteiger partial charge in [-0.1, -0.05) is 52.0 Å². The molecule has 1 aromatic rings. The van der Waals surface area contributed by atoms with Crippen LogP contribution in [0.2, 0.25) is 0 Å². The Morgan fingerprint density at radius 3 is 2.47 bits per heavy atom. The van der Waals surface area contributed by atoms with Crippen LogP contribution in [0.3, 0.4) is 0 Å². The number of rotatable bonds is 0. The minimum Gasteiger partial charge on any atom is -0.0622 e. The summed E-state index contributed by atoms with van der Waals surface area (Å²) in [5.74, 6) is 1.57. The van der Waals surface area contributed by atoms with Crippen LogP contribution in [0.25, 0.3) is 0 Å². The summed E-state index contributed by atoms with van der Waals surface area (Å²) in [6, 6.07) is 9.00. The zero-order chi connectivity index (χ0) is 11.1. The van der Waals surface area contributed by atoms with Gasteiger partial charge in [-0.2, -0.15) is 0 Å². The van der Waals surface area contributed by atoms with Gasteiger partial charge in [0.2, 0.25) is 0 Å². The smallest absolute Gasteiger partial charge is 0.0108 e. The summed E-state index contributed by atoms with van der Waals surface area (Å²) >= 11 is 0. The van der Waals surface area contributed by atoms with Gasteiger partial charge in [0.1, 0.15) is 0 Å². The fourth-order valence-electron chi connectivity index (χ4n) is 2.87. The lowest BCUT2D eigenvalue weighted by molar-refractivity contribution is 0.258. The molecule has 0 N–H and O–H groups in total. The van der Waals surface area contributed by atoms with E-state index in [2.05, 4.69) is 52.0 Å². The molecule has 0 radical (unpaired) electrons. The Bertz CT molecular complexity index is 343. The third kappa shape index (κ3) is 2.09. The highest BCUT2D eigenvalue weighted by molar-refractivity contribution is 5.34. The third-order valence-corrected chi connectivity index (χ3v) is 3.68. The summed E-state index contributed by atoms with van der Waals surface area (Å²) in [4.78, 5) is 0. The van der Waals surface area contributed by atoms with E-state index in [9.17, 15) is 0 Å². The largest absolute Gasteiger partial charge is 0.0622 e. The molecule has 0 saturated heterocycles. The summed E-state index contributed by atoms with van der Waals surface area (Å²) < 4.78 is 0. The molecule has 15 heavy (non-hydrogen) atoms. The highest BCUT2D eigenvalue weighted by Gasteiger charge is 2.32. The van der Waals surface area contributed by atoms with Crippen LogP contribution >= 0.6 is 0 Å². The lowest BCUT2D eigenvalue weighted by atomic mass is 9.67. The van der Waals surface area contributed by atoms with Gasteiger partial charge in [-0.05, 0) is 41.2 Å². The van der Waals surface area contributed by atoms with E-state index in [0.29, 0.717) is 5.41 Å². The quantitative estimate of drug-likeness (QED) is 0.585. The zero-order valence-corrected chi connectivity index (χ0v) is 10.4. The molecular formula is C15H22. The number of fused-ring (bicyclic) bond motifs is 1. The fraction of sp³-hybridized carbons (Fsp3) is 0.600. The first kappa shape index (κ1) is 10.7. The molecule has 2 unspecified atom stereocenters. The first-order valence-corrected chi connectivity index (χ1v) is 6.06. The van der Waals surface area contributed by atoms with Crippen LogP contribution in [0, 0.1) is 11.3 Å². The number of hydrogen-bond donors (Lipinski definition) is 0. The monoisotopic (exact) mass is 202 g/mol. The first-order chi connectivity index (χ1) is 6.98. The summed E-state index contributed by atoms with van der Waals surface area (Å²) in [5.41, 5.74) is 3.57. The second-order valence-corrected chi connectivity index (χ2v) is 6.16. The molecule has 1 aromatic carbocycles. The van der Waals surface area contributed by atoms with E-state index in [0.717, 1.165) is 11.8 Å².